The Morgan fingerprint density at radius 3 is 2.58 bits per heavy atom. The van der Waals surface area contributed by atoms with Gasteiger partial charge in [0.05, 0.1) is 18.3 Å². The zero-order valence-electron chi connectivity index (χ0n) is 14.1. The standard InChI is InChI=1S/C17H17F2N3O3S/c1-10(25-2)9-20-17-21-16-12(11-5-3-7-13(18)15(11)19)6-4-8-14(16)26(23,24)22-17/h3-8,10H,9H2,1-2H3,(H2,20,21,22)/t10-/m0/s1. The number of nitrogens with zero attached hydrogens (tertiary/aromatic N) is 1. The molecule has 0 amide bonds. The maximum atomic E-state index is 14.2. The summed E-state index contributed by atoms with van der Waals surface area (Å²) in [5.74, 6) is -2.07. The predicted molar refractivity (Wildman–Crippen MR) is 94.5 cm³/mol. The second-order valence-corrected chi connectivity index (χ2v) is 7.40. The zero-order valence-corrected chi connectivity index (χ0v) is 14.9. The smallest absolute Gasteiger partial charge is 0.266 e. The molecule has 0 spiro atoms. The number of anilines is 1. The number of nitrogens with one attached hydrogen (secondary N) is 2. The number of halogens is 2. The summed E-state index contributed by atoms with van der Waals surface area (Å²) in [5.41, 5.74) is 0.313. The van der Waals surface area contributed by atoms with E-state index in [1.54, 1.807) is 6.92 Å². The molecule has 0 fully saturated rings. The lowest BCUT2D eigenvalue weighted by Crippen LogP contribution is -2.41. The second-order valence-electron chi connectivity index (χ2n) is 5.75. The maximum absolute atomic E-state index is 14.2. The molecule has 2 N–H and O–H groups in total. The van der Waals surface area contributed by atoms with Gasteiger partial charge in [0.15, 0.2) is 11.6 Å². The highest BCUT2D eigenvalue weighted by Crippen LogP contribution is 2.37. The molecule has 0 saturated carbocycles. The van der Waals surface area contributed by atoms with Crippen LogP contribution in [0.25, 0.3) is 11.1 Å². The normalized spacial score (nSPS) is 17.9. The third-order valence-electron chi connectivity index (χ3n) is 3.94. The van der Waals surface area contributed by atoms with Crippen LogP contribution < -0.4 is 10.0 Å². The molecule has 26 heavy (non-hydrogen) atoms. The molecule has 6 nitrogen and oxygen atoms in total. The van der Waals surface area contributed by atoms with E-state index in [1.807, 2.05) is 0 Å². The second kappa shape index (κ2) is 7.00. The van der Waals surface area contributed by atoms with E-state index < -0.39 is 21.7 Å². The lowest BCUT2D eigenvalue weighted by Gasteiger charge is -2.24. The molecule has 138 valence electrons. The average Bonchev–Trinajstić information content (AvgIpc) is 2.61. The van der Waals surface area contributed by atoms with Crippen LogP contribution in [-0.4, -0.2) is 34.1 Å². The van der Waals surface area contributed by atoms with Gasteiger partial charge in [0, 0.05) is 18.2 Å². The fraction of sp³-hybridized carbons (Fsp3) is 0.235. The van der Waals surface area contributed by atoms with E-state index in [0.717, 1.165) is 6.07 Å². The SMILES string of the molecule is CO[C@@H](C)CN=C1Nc2c(-c3cccc(F)c3F)cccc2S(=O)(=O)N1. The molecule has 0 unspecified atom stereocenters. The first-order valence-corrected chi connectivity index (χ1v) is 9.26. The Morgan fingerprint density at radius 2 is 1.85 bits per heavy atom. The molecule has 1 atom stereocenters. The first-order chi connectivity index (χ1) is 12.3. The molecule has 9 heteroatoms. The van der Waals surface area contributed by atoms with E-state index in [-0.39, 0.29) is 40.3 Å². The van der Waals surface area contributed by atoms with Gasteiger partial charge in [-0.25, -0.2) is 26.9 Å². The van der Waals surface area contributed by atoms with Crippen molar-refractivity contribution in [2.75, 3.05) is 19.0 Å². The summed E-state index contributed by atoms with van der Waals surface area (Å²) >= 11 is 0. The van der Waals surface area contributed by atoms with E-state index in [2.05, 4.69) is 15.0 Å². The Kier molecular flexibility index (Phi) is 4.92. The van der Waals surface area contributed by atoms with Crippen molar-refractivity contribution in [1.29, 1.82) is 0 Å². The lowest BCUT2D eigenvalue weighted by molar-refractivity contribution is 0.125. The van der Waals surface area contributed by atoms with Crippen molar-refractivity contribution >= 4 is 21.7 Å². The number of aliphatic imine (C=N–C) groups is 1. The van der Waals surface area contributed by atoms with Crippen molar-refractivity contribution in [1.82, 2.24) is 4.72 Å². The molecule has 0 saturated heterocycles. The number of hydrogen-bond acceptors (Lipinski definition) is 4. The van der Waals surface area contributed by atoms with Crippen molar-refractivity contribution in [3.63, 3.8) is 0 Å². The number of guanidine groups is 1. The van der Waals surface area contributed by atoms with Gasteiger partial charge in [0.25, 0.3) is 10.0 Å². The van der Waals surface area contributed by atoms with Crippen LogP contribution in [0.3, 0.4) is 0 Å². The van der Waals surface area contributed by atoms with Crippen molar-refractivity contribution in [2.24, 2.45) is 4.99 Å². The van der Waals surface area contributed by atoms with Gasteiger partial charge in [0.1, 0.15) is 4.90 Å². The summed E-state index contributed by atoms with van der Waals surface area (Å²) in [4.78, 5) is 4.07. The Balaban J connectivity index is 2.12. The number of fused-ring (bicyclic) bond motifs is 1. The lowest BCUT2D eigenvalue weighted by atomic mass is 10.0. The summed E-state index contributed by atoms with van der Waals surface area (Å²) < 4.78 is 60.2. The molecule has 3 rings (SSSR count). The molecule has 1 aliphatic rings. The fourth-order valence-electron chi connectivity index (χ4n) is 2.51. The predicted octanol–water partition coefficient (Wildman–Crippen LogP) is 2.73. The molecule has 0 bridgehead atoms. The van der Waals surface area contributed by atoms with Crippen LogP contribution in [0, 0.1) is 11.6 Å². The molecule has 0 radical (unpaired) electrons. The summed E-state index contributed by atoms with van der Waals surface area (Å²) in [5, 5.41) is 2.86. The van der Waals surface area contributed by atoms with E-state index in [1.165, 1.54) is 37.4 Å². The van der Waals surface area contributed by atoms with Crippen molar-refractivity contribution in [3.8, 4) is 11.1 Å². The third-order valence-corrected chi connectivity index (χ3v) is 5.32. The highest BCUT2D eigenvalue weighted by molar-refractivity contribution is 7.90. The number of benzene rings is 2. The van der Waals surface area contributed by atoms with E-state index in [9.17, 15) is 17.2 Å². The van der Waals surface area contributed by atoms with Crippen LogP contribution >= 0.6 is 0 Å². The number of para-hydroxylation sites is 1. The van der Waals surface area contributed by atoms with Crippen molar-refractivity contribution < 1.29 is 21.9 Å². The summed E-state index contributed by atoms with van der Waals surface area (Å²) in [6.45, 7) is 2.00. The van der Waals surface area contributed by atoms with Gasteiger partial charge < -0.3 is 10.1 Å². The zero-order chi connectivity index (χ0) is 18.9. The van der Waals surface area contributed by atoms with Gasteiger partial charge in [0.2, 0.25) is 5.96 Å². The average molecular weight is 381 g/mol. The Morgan fingerprint density at radius 1 is 1.15 bits per heavy atom. The van der Waals surface area contributed by atoms with Gasteiger partial charge in [-0.1, -0.05) is 24.3 Å². The van der Waals surface area contributed by atoms with Gasteiger partial charge in [-0.15, -0.1) is 0 Å². The van der Waals surface area contributed by atoms with Crippen LogP contribution in [0.4, 0.5) is 14.5 Å². The first-order valence-electron chi connectivity index (χ1n) is 7.78. The molecule has 2 aromatic carbocycles. The summed E-state index contributed by atoms with van der Waals surface area (Å²) in [7, 11) is -2.38. The molecule has 1 heterocycles. The van der Waals surface area contributed by atoms with E-state index >= 15 is 0 Å². The molecule has 0 aromatic heterocycles. The van der Waals surface area contributed by atoms with Crippen LogP contribution in [-0.2, 0) is 14.8 Å². The number of methoxy groups -OCH3 is 1. The maximum Gasteiger partial charge on any atom is 0.266 e. The van der Waals surface area contributed by atoms with Crippen LogP contribution in [0.15, 0.2) is 46.3 Å². The Bertz CT molecular complexity index is 977. The summed E-state index contributed by atoms with van der Waals surface area (Å²) in [6, 6.07) is 8.10. The minimum atomic E-state index is -3.90. The number of ether oxygens (including phenoxy) is 1. The number of sulfonamides is 1. The summed E-state index contributed by atoms with van der Waals surface area (Å²) in [6.07, 6.45) is -0.217. The molecular weight excluding hydrogens is 364 g/mol. The van der Waals surface area contributed by atoms with Gasteiger partial charge in [-0.2, -0.15) is 0 Å². The van der Waals surface area contributed by atoms with Crippen molar-refractivity contribution in [3.05, 3.63) is 48.0 Å². The van der Waals surface area contributed by atoms with Crippen LogP contribution in [0.5, 0.6) is 0 Å². The largest absolute Gasteiger partial charge is 0.380 e. The number of rotatable bonds is 4. The van der Waals surface area contributed by atoms with Crippen LogP contribution in [0.2, 0.25) is 0 Å². The quantitative estimate of drug-likeness (QED) is 0.854. The highest BCUT2D eigenvalue weighted by Gasteiger charge is 2.29. The minimum absolute atomic E-state index is 0.00865. The third kappa shape index (κ3) is 3.40. The van der Waals surface area contributed by atoms with Gasteiger partial charge in [-0.3, -0.25) is 0 Å². The van der Waals surface area contributed by atoms with E-state index in [4.69, 9.17) is 4.74 Å². The minimum Gasteiger partial charge on any atom is -0.380 e. The number of hydrogen-bond donors (Lipinski definition) is 2. The highest BCUT2D eigenvalue weighted by atomic mass is 32.2. The van der Waals surface area contributed by atoms with Crippen LogP contribution in [0.1, 0.15) is 6.92 Å². The molecular formula is C17H17F2N3O3S. The van der Waals surface area contributed by atoms with Gasteiger partial charge in [-0.05, 0) is 19.1 Å². The Labute approximate surface area is 150 Å². The van der Waals surface area contributed by atoms with Crippen molar-refractivity contribution in [2.45, 2.75) is 17.9 Å². The molecule has 1 aliphatic heterocycles. The molecule has 2 aromatic rings. The topological polar surface area (TPSA) is 79.8 Å². The molecule has 0 aliphatic carbocycles. The fourth-order valence-corrected chi connectivity index (χ4v) is 3.68. The monoisotopic (exact) mass is 381 g/mol. The van der Waals surface area contributed by atoms with Gasteiger partial charge >= 0.3 is 0 Å². The van der Waals surface area contributed by atoms with E-state index in [0.29, 0.717) is 0 Å². The Hall–Kier alpha value is -2.52. The first kappa shape index (κ1) is 18.3.